The van der Waals surface area contributed by atoms with Crippen LogP contribution in [0.5, 0.6) is 0 Å². The normalized spacial score (nSPS) is 13.7. The molecule has 0 aliphatic carbocycles. The van der Waals surface area contributed by atoms with Crippen LogP contribution in [0.25, 0.3) is 0 Å². The van der Waals surface area contributed by atoms with E-state index in [1.807, 2.05) is 17.5 Å². The van der Waals surface area contributed by atoms with Crippen molar-refractivity contribution in [2.75, 3.05) is 0 Å². The molecule has 12 heavy (non-hydrogen) atoms. The zero-order chi connectivity index (χ0) is 8.97. The first-order valence-corrected chi connectivity index (χ1v) is 14.2. The topological polar surface area (TPSA) is 20.2 Å². The van der Waals surface area contributed by atoms with Crippen LogP contribution in [0.1, 0.15) is 17.4 Å². The zero-order valence-electron chi connectivity index (χ0n) is 7.66. The summed E-state index contributed by atoms with van der Waals surface area (Å²) in [6, 6.07) is 4.02. The van der Waals surface area contributed by atoms with E-state index in [4.69, 9.17) is 0 Å². The van der Waals surface area contributed by atoms with Crippen LogP contribution >= 0.6 is 11.3 Å². The Bertz CT molecular complexity index is 208. The van der Waals surface area contributed by atoms with Gasteiger partial charge in [0.2, 0.25) is 0 Å². The number of aliphatic hydroxyl groups is 1. The average molecular weight is 291 g/mol. The fraction of sp³-hybridized carbons (Fsp3) is 0.556. The Morgan fingerprint density at radius 2 is 2.33 bits per heavy atom. The third kappa shape index (κ3) is 3.45. The molecule has 1 nitrogen and oxygen atoms in total. The molecule has 1 unspecified atom stereocenters. The molecule has 0 aromatic carbocycles. The molecule has 0 fully saturated rings. The predicted molar refractivity (Wildman–Crippen MR) is 57.6 cm³/mol. The Morgan fingerprint density at radius 1 is 1.58 bits per heavy atom. The van der Waals surface area contributed by atoms with E-state index >= 15 is 0 Å². The summed E-state index contributed by atoms with van der Waals surface area (Å²) in [4.78, 5) is 5.91. The van der Waals surface area contributed by atoms with E-state index < -0.39 is 19.8 Å². The number of hydrogen-bond acceptors (Lipinski definition) is 2. The van der Waals surface area contributed by atoms with E-state index in [0.717, 1.165) is 11.3 Å². The first kappa shape index (κ1) is 10.5. The van der Waals surface area contributed by atoms with Crippen molar-refractivity contribution in [2.24, 2.45) is 0 Å². The molecule has 1 aromatic rings. The average Bonchev–Trinajstić information content (AvgIpc) is 2.51. The molecule has 0 saturated carbocycles. The summed E-state index contributed by atoms with van der Waals surface area (Å²) >= 11 is 0.572. The Kier molecular flexibility index (Phi) is 4.61. The van der Waals surface area contributed by atoms with Gasteiger partial charge in [0, 0.05) is 0 Å². The van der Waals surface area contributed by atoms with Gasteiger partial charge in [-0.3, -0.25) is 0 Å². The summed E-state index contributed by atoms with van der Waals surface area (Å²) < 4.78 is 1.31. The van der Waals surface area contributed by atoms with E-state index in [-0.39, 0.29) is 6.10 Å². The van der Waals surface area contributed by atoms with Gasteiger partial charge in [-0.25, -0.2) is 0 Å². The number of thiophene rings is 1. The van der Waals surface area contributed by atoms with Crippen molar-refractivity contribution >= 4 is 31.1 Å². The minimum absolute atomic E-state index is 0.191. The standard InChI is InChI=1S/C7H9OS.2CH3.Sn.H/c1-2-6(8)7-4-3-5-9-7;;;;/h3-6,8H,1-2H2;2*1H3;;. The second-order valence-corrected chi connectivity index (χ2v) is 14.1. The summed E-state index contributed by atoms with van der Waals surface area (Å²) in [6.45, 7) is 0. The van der Waals surface area contributed by atoms with Gasteiger partial charge < -0.3 is 0 Å². The Labute approximate surface area is 85.2 Å². The molecule has 0 saturated heterocycles. The van der Waals surface area contributed by atoms with Gasteiger partial charge in [0.25, 0.3) is 0 Å². The molecule has 0 radical (unpaired) electrons. The van der Waals surface area contributed by atoms with Crippen LogP contribution in [-0.2, 0) is 0 Å². The molecule has 1 aromatic heterocycles. The maximum absolute atomic E-state index is 9.70. The molecule has 1 atom stereocenters. The Balaban J connectivity index is 2.34. The maximum atomic E-state index is 9.70. The van der Waals surface area contributed by atoms with Crippen LogP contribution in [0.4, 0.5) is 0 Å². The van der Waals surface area contributed by atoms with E-state index in [1.165, 1.54) is 4.44 Å². The second-order valence-electron chi connectivity index (χ2n) is 3.50. The molecular weight excluding hydrogens is 275 g/mol. The Hall–Kier alpha value is 0.459. The Morgan fingerprint density at radius 3 is 2.83 bits per heavy atom. The van der Waals surface area contributed by atoms with Gasteiger partial charge in [0.05, 0.1) is 0 Å². The summed E-state index contributed by atoms with van der Waals surface area (Å²) in [6.07, 6.45) is 0.790. The van der Waals surface area contributed by atoms with Gasteiger partial charge in [-0.2, -0.15) is 0 Å². The predicted octanol–water partition coefficient (Wildman–Crippen LogP) is 2.66. The third-order valence-electron chi connectivity index (χ3n) is 1.89. The molecule has 0 amide bonds. The minimum atomic E-state index is -1.08. The molecular formula is C9H16OSSn. The number of rotatable bonds is 4. The van der Waals surface area contributed by atoms with Crippen LogP contribution in [0.15, 0.2) is 17.5 Å². The van der Waals surface area contributed by atoms with E-state index in [2.05, 4.69) is 9.88 Å². The van der Waals surface area contributed by atoms with Gasteiger partial charge in [-0.05, 0) is 0 Å². The zero-order valence-corrected chi connectivity index (χ0v) is 11.8. The first-order chi connectivity index (χ1) is 5.70. The molecule has 1 N–H and O–H groups in total. The van der Waals surface area contributed by atoms with Crippen LogP contribution in [0.3, 0.4) is 0 Å². The molecule has 68 valence electrons. The van der Waals surface area contributed by atoms with Gasteiger partial charge in [-0.15, -0.1) is 0 Å². The van der Waals surface area contributed by atoms with Crippen molar-refractivity contribution in [3.8, 4) is 0 Å². The fourth-order valence-corrected chi connectivity index (χ4v) is 4.66. The van der Waals surface area contributed by atoms with Crippen LogP contribution < -0.4 is 0 Å². The summed E-state index contributed by atoms with van der Waals surface area (Å²) in [5.41, 5.74) is 0. The van der Waals surface area contributed by atoms with E-state index in [1.54, 1.807) is 11.3 Å². The number of hydrogen-bond donors (Lipinski definition) is 1. The summed E-state index contributed by atoms with van der Waals surface area (Å²) in [7, 11) is 0. The van der Waals surface area contributed by atoms with Gasteiger partial charge in [-0.1, -0.05) is 0 Å². The van der Waals surface area contributed by atoms with E-state index in [0.29, 0.717) is 0 Å². The van der Waals surface area contributed by atoms with Crippen molar-refractivity contribution < 1.29 is 5.11 Å². The summed E-state index contributed by atoms with van der Waals surface area (Å²) in [5.74, 6) is 0. The van der Waals surface area contributed by atoms with Crippen LogP contribution in [0.2, 0.25) is 14.3 Å². The SMILES string of the molecule is [CH3][SnH]([CH3])[CH2]CC(O)c1cccs1. The molecule has 0 bridgehead atoms. The second kappa shape index (κ2) is 5.24. The third-order valence-corrected chi connectivity index (χ3v) is 7.11. The van der Waals surface area contributed by atoms with Crippen LogP contribution in [-0.4, -0.2) is 24.9 Å². The molecule has 0 aliphatic heterocycles. The van der Waals surface area contributed by atoms with Crippen molar-refractivity contribution in [3.63, 3.8) is 0 Å². The first-order valence-electron chi connectivity index (χ1n) is 4.41. The van der Waals surface area contributed by atoms with Gasteiger partial charge in [0.1, 0.15) is 0 Å². The van der Waals surface area contributed by atoms with Crippen molar-refractivity contribution in [1.82, 2.24) is 0 Å². The molecule has 1 rings (SSSR count). The molecule has 3 heteroatoms. The number of aliphatic hydroxyl groups excluding tert-OH is 1. The fourth-order valence-electron chi connectivity index (χ4n) is 1.11. The molecule has 1 heterocycles. The van der Waals surface area contributed by atoms with Gasteiger partial charge >= 0.3 is 85.4 Å². The van der Waals surface area contributed by atoms with Crippen molar-refractivity contribution in [1.29, 1.82) is 0 Å². The van der Waals surface area contributed by atoms with E-state index in [9.17, 15) is 5.11 Å². The van der Waals surface area contributed by atoms with Crippen LogP contribution in [0, 0.1) is 0 Å². The monoisotopic (exact) mass is 292 g/mol. The molecule has 0 aliphatic rings. The molecule has 0 spiro atoms. The summed E-state index contributed by atoms with van der Waals surface area (Å²) in [5, 5.41) is 11.7. The van der Waals surface area contributed by atoms with Crippen molar-refractivity contribution in [3.05, 3.63) is 22.4 Å². The van der Waals surface area contributed by atoms with Gasteiger partial charge in [0.15, 0.2) is 0 Å². The quantitative estimate of drug-likeness (QED) is 0.846. The van der Waals surface area contributed by atoms with Crippen molar-refractivity contribution in [2.45, 2.75) is 26.8 Å².